The van der Waals surface area contributed by atoms with Crippen molar-refractivity contribution in [1.29, 1.82) is 0 Å². The van der Waals surface area contributed by atoms with E-state index in [1.54, 1.807) is 30.9 Å². The number of carbonyl (C=O) groups excluding carboxylic acids is 4. The minimum absolute atomic E-state index is 0.0157. The Bertz CT molecular complexity index is 1260. The zero-order valence-corrected chi connectivity index (χ0v) is 33.8. The van der Waals surface area contributed by atoms with Crippen LogP contribution in [0.25, 0.3) is 0 Å². The topological polar surface area (TPSA) is 138 Å². The molecule has 12 heteroatoms. The molecule has 1 fully saturated rings. The second-order valence-electron chi connectivity index (χ2n) is 15.4. The van der Waals surface area contributed by atoms with E-state index >= 15 is 0 Å². The van der Waals surface area contributed by atoms with E-state index < -0.39 is 42.3 Å². The first-order valence-electron chi connectivity index (χ1n) is 19.0. The average Bonchev–Trinajstić information content (AvgIpc) is 3.59. The van der Waals surface area contributed by atoms with E-state index in [2.05, 4.69) is 5.32 Å². The van der Waals surface area contributed by atoms with Gasteiger partial charge in [0, 0.05) is 34.2 Å². The first-order valence-corrected chi connectivity index (χ1v) is 19.0. The standard InChI is InChI=1S/C40H68N4O8/c1-13-27(6)36(42(8)9)38(47)41-34(25(2)3)39(48)43(10)35(26(4)5)32(50-11)23-33(46)44-21-17-20-31(44)37(51-12)28(7)40(49)52-30(24-45)22-29-18-15-14-16-19-29/h14-16,18-19,25-28,30-32,34-37,45H,13,17,20-24H2,1-12H3,(H,41,47)/t27-,28+,30-,31-,32+,34-,35?,36-,37+/m0/s1. The van der Waals surface area contributed by atoms with E-state index in [1.165, 1.54) is 7.11 Å². The Morgan fingerprint density at radius 1 is 0.962 bits per heavy atom. The Morgan fingerprint density at radius 3 is 2.10 bits per heavy atom. The molecule has 9 atom stereocenters. The van der Waals surface area contributed by atoms with Crippen molar-refractivity contribution >= 4 is 23.7 Å². The summed E-state index contributed by atoms with van der Waals surface area (Å²) < 4.78 is 17.6. The van der Waals surface area contributed by atoms with E-state index in [0.29, 0.717) is 19.4 Å². The number of hydrogen-bond acceptors (Lipinski definition) is 9. The van der Waals surface area contributed by atoms with Crippen molar-refractivity contribution in [2.24, 2.45) is 23.7 Å². The number of rotatable bonds is 21. The molecule has 0 saturated carbocycles. The van der Waals surface area contributed by atoms with E-state index in [0.717, 1.165) is 18.4 Å². The Balaban J connectivity index is 2.22. The van der Waals surface area contributed by atoms with Crippen LogP contribution < -0.4 is 5.32 Å². The predicted molar refractivity (Wildman–Crippen MR) is 202 cm³/mol. The zero-order valence-electron chi connectivity index (χ0n) is 33.8. The number of amides is 3. The quantitative estimate of drug-likeness (QED) is 0.181. The molecule has 2 N–H and O–H groups in total. The Hall–Kier alpha value is -3.06. The van der Waals surface area contributed by atoms with Crippen LogP contribution in [0.1, 0.15) is 79.7 Å². The largest absolute Gasteiger partial charge is 0.459 e. The van der Waals surface area contributed by atoms with Crippen LogP contribution in [-0.2, 0) is 39.8 Å². The second kappa shape index (κ2) is 21.6. The summed E-state index contributed by atoms with van der Waals surface area (Å²) in [6.45, 7) is 13.8. The van der Waals surface area contributed by atoms with E-state index in [1.807, 2.05) is 90.9 Å². The van der Waals surface area contributed by atoms with E-state index in [-0.39, 0.29) is 60.6 Å². The zero-order chi connectivity index (χ0) is 39.3. The minimum atomic E-state index is -0.761. The normalized spacial score (nSPS) is 19.5. The highest BCUT2D eigenvalue weighted by Gasteiger charge is 2.43. The summed E-state index contributed by atoms with van der Waals surface area (Å²) in [6, 6.07) is 7.55. The summed E-state index contributed by atoms with van der Waals surface area (Å²) in [5.41, 5.74) is 0.946. The fourth-order valence-electron chi connectivity index (χ4n) is 7.67. The van der Waals surface area contributed by atoms with E-state index in [4.69, 9.17) is 14.2 Å². The molecule has 2 rings (SSSR count). The molecule has 1 unspecified atom stereocenters. The number of nitrogens with one attached hydrogen (secondary N) is 1. The molecule has 0 radical (unpaired) electrons. The van der Waals surface area contributed by atoms with Gasteiger partial charge in [0.15, 0.2) is 0 Å². The smallest absolute Gasteiger partial charge is 0.311 e. The van der Waals surface area contributed by atoms with Crippen LogP contribution in [0.3, 0.4) is 0 Å². The summed E-state index contributed by atoms with van der Waals surface area (Å²) in [5, 5.41) is 13.0. The van der Waals surface area contributed by atoms with Gasteiger partial charge in [-0.2, -0.15) is 0 Å². The van der Waals surface area contributed by atoms with Crippen molar-refractivity contribution in [1.82, 2.24) is 20.0 Å². The first-order chi connectivity index (χ1) is 24.5. The van der Waals surface area contributed by atoms with Gasteiger partial charge in [-0.25, -0.2) is 0 Å². The molecule has 12 nitrogen and oxygen atoms in total. The molecule has 52 heavy (non-hydrogen) atoms. The van der Waals surface area contributed by atoms with Crippen LogP contribution in [0.4, 0.5) is 0 Å². The highest BCUT2D eigenvalue weighted by molar-refractivity contribution is 5.90. The number of benzene rings is 1. The number of aliphatic hydroxyl groups excluding tert-OH is 1. The maximum Gasteiger partial charge on any atom is 0.311 e. The molecule has 296 valence electrons. The van der Waals surface area contributed by atoms with Gasteiger partial charge in [-0.05, 0) is 57.2 Å². The number of esters is 1. The third-order valence-corrected chi connectivity index (χ3v) is 10.7. The molecule has 1 aliphatic rings. The van der Waals surface area contributed by atoms with Crippen LogP contribution in [0.5, 0.6) is 0 Å². The van der Waals surface area contributed by atoms with Crippen molar-refractivity contribution < 1.29 is 38.5 Å². The van der Waals surface area contributed by atoms with Crippen LogP contribution in [-0.4, -0.2) is 134 Å². The number of likely N-dealkylation sites (tertiary alicyclic amines) is 1. The lowest BCUT2D eigenvalue weighted by Crippen LogP contribution is -2.59. The summed E-state index contributed by atoms with van der Waals surface area (Å²) >= 11 is 0. The van der Waals surface area contributed by atoms with Gasteiger partial charge >= 0.3 is 5.97 Å². The lowest BCUT2D eigenvalue weighted by Gasteiger charge is -2.40. The van der Waals surface area contributed by atoms with Gasteiger partial charge in [-0.15, -0.1) is 0 Å². The molecule has 0 aliphatic carbocycles. The van der Waals surface area contributed by atoms with Gasteiger partial charge in [0.05, 0.1) is 49.3 Å². The number of likely N-dealkylation sites (N-methyl/N-ethyl adjacent to an activating group) is 2. The van der Waals surface area contributed by atoms with Crippen LogP contribution in [0.2, 0.25) is 0 Å². The van der Waals surface area contributed by atoms with Crippen molar-refractivity contribution in [3.63, 3.8) is 0 Å². The average molecular weight is 733 g/mol. The summed E-state index contributed by atoms with van der Waals surface area (Å²) in [6.07, 6.45) is 0.652. The van der Waals surface area contributed by atoms with Gasteiger partial charge in [-0.1, -0.05) is 78.3 Å². The van der Waals surface area contributed by atoms with Gasteiger partial charge in [-0.3, -0.25) is 24.1 Å². The number of aliphatic hydroxyl groups is 1. The molecule has 0 spiro atoms. The SMILES string of the molecule is CC[C@H](C)[C@@H](C(=O)N[C@H](C(=O)N(C)C(C(C)C)[C@@H](CC(=O)N1CCC[C@H]1[C@H](OC)[C@@H](C)C(=O)O[C@H](CO)Cc1ccccc1)OC)C(C)C)N(C)C. The van der Waals surface area contributed by atoms with Gasteiger partial charge in [0.2, 0.25) is 17.7 Å². The van der Waals surface area contributed by atoms with Crippen molar-refractivity contribution in [3.8, 4) is 0 Å². The number of hydrogen-bond donors (Lipinski definition) is 2. The second-order valence-corrected chi connectivity index (χ2v) is 15.4. The Kier molecular flexibility index (Phi) is 18.7. The highest BCUT2D eigenvalue weighted by atomic mass is 16.6. The molecule has 3 amide bonds. The maximum absolute atomic E-state index is 14.2. The highest BCUT2D eigenvalue weighted by Crippen LogP contribution is 2.30. The monoisotopic (exact) mass is 733 g/mol. The molecule has 1 aliphatic heterocycles. The molecule has 0 aromatic heterocycles. The molecular weight excluding hydrogens is 664 g/mol. The Morgan fingerprint density at radius 2 is 1.60 bits per heavy atom. The van der Waals surface area contributed by atoms with Crippen molar-refractivity contribution in [2.75, 3.05) is 48.5 Å². The van der Waals surface area contributed by atoms with Crippen LogP contribution in [0.15, 0.2) is 30.3 Å². The lowest BCUT2D eigenvalue weighted by molar-refractivity contribution is -0.163. The van der Waals surface area contributed by atoms with Gasteiger partial charge in [0.25, 0.3) is 0 Å². The van der Waals surface area contributed by atoms with Crippen LogP contribution in [0, 0.1) is 23.7 Å². The van der Waals surface area contributed by atoms with Gasteiger partial charge < -0.3 is 34.4 Å². The lowest BCUT2D eigenvalue weighted by atomic mass is 9.91. The third-order valence-electron chi connectivity index (χ3n) is 10.7. The number of methoxy groups -OCH3 is 2. The number of carbonyl (C=O) groups is 4. The summed E-state index contributed by atoms with van der Waals surface area (Å²) in [4.78, 5) is 60.4. The third kappa shape index (κ3) is 12.0. The van der Waals surface area contributed by atoms with Crippen LogP contribution >= 0.6 is 0 Å². The minimum Gasteiger partial charge on any atom is -0.459 e. The number of nitrogens with zero attached hydrogens (tertiary/aromatic N) is 3. The molecule has 1 aromatic rings. The summed E-state index contributed by atoms with van der Waals surface area (Å²) in [7, 11) is 8.54. The Labute approximate surface area is 312 Å². The fraction of sp³-hybridized carbons (Fsp3) is 0.750. The summed E-state index contributed by atoms with van der Waals surface area (Å²) in [5.74, 6) is -1.93. The molecule has 1 saturated heterocycles. The number of ether oxygens (including phenoxy) is 3. The molecule has 1 heterocycles. The van der Waals surface area contributed by atoms with Crippen molar-refractivity contribution in [2.45, 2.75) is 123 Å². The molecule has 0 bridgehead atoms. The van der Waals surface area contributed by atoms with Crippen molar-refractivity contribution in [3.05, 3.63) is 35.9 Å². The maximum atomic E-state index is 14.2. The predicted octanol–water partition coefficient (Wildman–Crippen LogP) is 3.78. The van der Waals surface area contributed by atoms with Gasteiger partial charge in [0.1, 0.15) is 12.1 Å². The fourth-order valence-corrected chi connectivity index (χ4v) is 7.67. The molecule has 1 aromatic carbocycles. The molecular formula is C40H68N4O8. The first kappa shape index (κ1) is 45.1. The van der Waals surface area contributed by atoms with E-state index in [9.17, 15) is 24.3 Å².